The fourth-order valence-electron chi connectivity index (χ4n) is 0.819. The van der Waals surface area contributed by atoms with Gasteiger partial charge in [-0.25, -0.2) is 0 Å². The standard InChI is InChI=1S/C5H10N.C3H6N.2ClH.Pt/c1-2-4-6-5-3-1;4-3-1-2-3;;;/h1-5H2;3-4H,1-2H2;2*1H;/q2*-1;;;+4/p-2. The fraction of sp³-hybridized carbons (Fsp3) is 1.00. The molecule has 0 atom stereocenters. The van der Waals surface area contributed by atoms with Crippen LogP contribution in [-0.4, -0.2) is 19.1 Å². The van der Waals surface area contributed by atoms with Crippen molar-refractivity contribution in [3.63, 3.8) is 0 Å². The minimum atomic E-state index is 0. The zero-order valence-corrected chi connectivity index (χ0v) is 11.3. The van der Waals surface area contributed by atoms with E-state index in [4.69, 9.17) is 5.73 Å². The van der Waals surface area contributed by atoms with Crippen molar-refractivity contribution in [1.29, 1.82) is 0 Å². The number of hydrogen-bond donors (Lipinski definition) is 0. The molecule has 1 saturated heterocycles. The van der Waals surface area contributed by atoms with Gasteiger partial charge in [0.25, 0.3) is 0 Å². The van der Waals surface area contributed by atoms with Gasteiger partial charge in [-0.05, 0) is 0 Å². The van der Waals surface area contributed by atoms with Gasteiger partial charge in [-0.15, -0.1) is 19.1 Å². The van der Waals surface area contributed by atoms with E-state index in [1.54, 1.807) is 0 Å². The topological polar surface area (TPSA) is 37.9 Å². The maximum absolute atomic E-state index is 6.69. The predicted octanol–water partition coefficient (Wildman–Crippen LogP) is -3.25. The first-order chi connectivity index (χ1) is 4.89. The minimum Gasteiger partial charge on any atom is -1.00 e. The van der Waals surface area contributed by atoms with Crippen LogP contribution >= 0.6 is 0 Å². The van der Waals surface area contributed by atoms with Crippen molar-refractivity contribution in [2.24, 2.45) is 0 Å². The third-order valence-corrected chi connectivity index (χ3v) is 1.71. The minimum absolute atomic E-state index is 0. The molecular weight excluding hydrogens is 390 g/mol. The van der Waals surface area contributed by atoms with E-state index in [0.29, 0.717) is 6.04 Å². The predicted molar refractivity (Wildman–Crippen MR) is 44.3 cm³/mol. The Labute approximate surface area is 108 Å². The average molecular weight is 406 g/mol. The summed E-state index contributed by atoms with van der Waals surface area (Å²) >= 11 is 0. The smallest absolute Gasteiger partial charge is 1.00 e. The van der Waals surface area contributed by atoms with Crippen molar-refractivity contribution < 1.29 is 45.9 Å². The number of piperidine rings is 1. The fourth-order valence-corrected chi connectivity index (χ4v) is 0.819. The third kappa shape index (κ3) is 15.9. The molecule has 1 aliphatic heterocycles. The van der Waals surface area contributed by atoms with Crippen LogP contribution in [0, 0.1) is 0 Å². The van der Waals surface area contributed by atoms with Gasteiger partial charge in [-0.2, -0.15) is 0 Å². The van der Waals surface area contributed by atoms with Crippen molar-refractivity contribution >= 4 is 0 Å². The largest absolute Gasteiger partial charge is 4.00 e. The summed E-state index contributed by atoms with van der Waals surface area (Å²) in [7, 11) is 0. The van der Waals surface area contributed by atoms with E-state index >= 15 is 0 Å². The first-order valence-electron chi connectivity index (χ1n) is 4.24. The van der Waals surface area contributed by atoms with E-state index < -0.39 is 0 Å². The SMILES string of the molecule is C1CC[N-]CC1.[Cl-].[Cl-].[NH-]C1CC1.[Pt+4]. The van der Waals surface area contributed by atoms with Gasteiger partial charge in [0.1, 0.15) is 0 Å². The summed E-state index contributed by atoms with van der Waals surface area (Å²) < 4.78 is 0. The van der Waals surface area contributed by atoms with Gasteiger partial charge < -0.3 is 35.9 Å². The number of hydrogen-bond acceptors (Lipinski definition) is 0. The van der Waals surface area contributed by atoms with Crippen LogP contribution < -0.4 is 24.8 Å². The maximum atomic E-state index is 6.69. The molecule has 0 unspecified atom stereocenters. The van der Waals surface area contributed by atoms with Crippen LogP contribution in [0.5, 0.6) is 0 Å². The van der Waals surface area contributed by atoms with Crippen LogP contribution in [0.15, 0.2) is 0 Å². The molecule has 2 fully saturated rings. The quantitative estimate of drug-likeness (QED) is 0.406. The Balaban J connectivity index is -0.000000130. The van der Waals surface area contributed by atoms with Crippen molar-refractivity contribution in [2.75, 3.05) is 13.1 Å². The molecule has 2 aliphatic rings. The number of rotatable bonds is 0. The van der Waals surface area contributed by atoms with E-state index in [-0.39, 0.29) is 45.9 Å². The summed E-state index contributed by atoms with van der Waals surface area (Å²) in [6.45, 7) is 2.25. The van der Waals surface area contributed by atoms with Crippen molar-refractivity contribution in [2.45, 2.75) is 38.1 Å². The van der Waals surface area contributed by atoms with Gasteiger partial charge in [-0.3, -0.25) is 0 Å². The molecule has 82 valence electrons. The molecule has 0 bridgehead atoms. The molecule has 0 aromatic heterocycles. The van der Waals surface area contributed by atoms with Gasteiger partial charge >= 0.3 is 21.1 Å². The van der Waals surface area contributed by atoms with Crippen molar-refractivity contribution in [3.8, 4) is 0 Å². The van der Waals surface area contributed by atoms with Crippen LogP contribution in [0.3, 0.4) is 0 Å². The van der Waals surface area contributed by atoms with Crippen molar-refractivity contribution in [1.82, 2.24) is 0 Å². The summed E-state index contributed by atoms with van der Waals surface area (Å²) in [6, 6.07) is 0.333. The molecular formula is C8H16Cl2N2Pt. The van der Waals surface area contributed by atoms with Crippen LogP contribution in [-0.2, 0) is 21.1 Å². The molecule has 0 radical (unpaired) electrons. The van der Waals surface area contributed by atoms with Crippen LogP contribution in [0.4, 0.5) is 0 Å². The van der Waals surface area contributed by atoms with Crippen LogP contribution in [0.25, 0.3) is 11.1 Å². The monoisotopic (exact) mass is 405 g/mol. The molecule has 0 aromatic carbocycles. The zero-order valence-electron chi connectivity index (χ0n) is 7.55. The second-order valence-electron chi connectivity index (χ2n) is 3.01. The number of nitrogens with zero attached hydrogens (tertiary/aromatic N) is 1. The molecule has 0 spiro atoms. The average Bonchev–Trinajstić information content (AvgIpc) is 2.77. The third-order valence-electron chi connectivity index (χ3n) is 1.71. The molecule has 2 rings (SSSR count). The van der Waals surface area contributed by atoms with E-state index in [9.17, 15) is 0 Å². The Kier molecular flexibility index (Phi) is 20.0. The molecule has 1 N–H and O–H groups in total. The van der Waals surface area contributed by atoms with E-state index in [1.165, 1.54) is 19.3 Å². The van der Waals surface area contributed by atoms with Gasteiger partial charge in [-0.1, -0.05) is 32.1 Å². The Hall–Kier alpha value is 1.19. The zero-order chi connectivity index (χ0) is 7.23. The molecule has 0 aromatic rings. The van der Waals surface area contributed by atoms with Crippen molar-refractivity contribution in [3.05, 3.63) is 11.1 Å². The second-order valence-corrected chi connectivity index (χ2v) is 3.01. The first-order valence-corrected chi connectivity index (χ1v) is 4.24. The molecule has 1 heterocycles. The molecule has 5 heteroatoms. The number of nitrogens with one attached hydrogen (secondary N) is 1. The van der Waals surface area contributed by atoms with Gasteiger partial charge in [0.15, 0.2) is 0 Å². The normalized spacial score (nSPS) is 19.2. The van der Waals surface area contributed by atoms with Gasteiger partial charge in [0, 0.05) is 0 Å². The molecule has 0 amide bonds. The summed E-state index contributed by atoms with van der Waals surface area (Å²) in [5.74, 6) is 0. The maximum Gasteiger partial charge on any atom is 4.00 e. The van der Waals surface area contributed by atoms with Gasteiger partial charge in [0.2, 0.25) is 0 Å². The van der Waals surface area contributed by atoms with Gasteiger partial charge in [0.05, 0.1) is 0 Å². The first kappa shape index (κ1) is 19.7. The second kappa shape index (κ2) is 13.2. The molecule has 1 aliphatic carbocycles. The summed E-state index contributed by atoms with van der Waals surface area (Å²) in [5, 5.41) is 4.18. The Morgan fingerprint density at radius 2 is 1.31 bits per heavy atom. The van der Waals surface area contributed by atoms with Crippen LogP contribution in [0.1, 0.15) is 32.1 Å². The molecule has 1 saturated carbocycles. The molecule has 2 nitrogen and oxygen atoms in total. The van der Waals surface area contributed by atoms with E-state index in [1.807, 2.05) is 0 Å². The summed E-state index contributed by atoms with van der Waals surface area (Å²) in [6.07, 6.45) is 6.38. The summed E-state index contributed by atoms with van der Waals surface area (Å²) in [4.78, 5) is 0. The van der Waals surface area contributed by atoms with Crippen LogP contribution in [0.2, 0.25) is 0 Å². The molecule has 13 heavy (non-hydrogen) atoms. The Morgan fingerprint density at radius 1 is 0.923 bits per heavy atom. The Morgan fingerprint density at radius 3 is 1.38 bits per heavy atom. The van der Waals surface area contributed by atoms with E-state index in [2.05, 4.69) is 5.32 Å². The number of halogens is 2. The Bertz CT molecular complexity index is 76.7. The van der Waals surface area contributed by atoms with E-state index in [0.717, 1.165) is 25.9 Å². The summed E-state index contributed by atoms with van der Waals surface area (Å²) in [5.41, 5.74) is 6.69.